The molecule has 3 aromatic rings. The number of aliphatic hydroxyl groups excluding tert-OH is 6. The predicted octanol–water partition coefficient (Wildman–Crippen LogP) is -0.787. The summed E-state index contributed by atoms with van der Waals surface area (Å²) in [5.41, 5.74) is -0.0311. The number of fused-ring (bicyclic) bond motifs is 1. The van der Waals surface area contributed by atoms with Crippen LogP contribution in [0.15, 0.2) is 45.6 Å². The minimum atomic E-state index is -1.79. The number of phenols is 1. The van der Waals surface area contributed by atoms with Gasteiger partial charge in [0.1, 0.15) is 59.1 Å². The van der Waals surface area contributed by atoms with Crippen LogP contribution < -0.4 is 19.6 Å². The fraction of sp³-hybridized carbons (Fsp3) is 0.483. The van der Waals surface area contributed by atoms with Gasteiger partial charge in [0, 0.05) is 17.7 Å². The van der Waals surface area contributed by atoms with Crippen molar-refractivity contribution in [2.24, 2.45) is 0 Å². The highest BCUT2D eigenvalue weighted by Gasteiger charge is 2.47. The van der Waals surface area contributed by atoms with Gasteiger partial charge < -0.3 is 68.6 Å². The van der Waals surface area contributed by atoms with E-state index in [-0.39, 0.29) is 28.2 Å². The molecule has 7 N–H and O–H groups in total. The van der Waals surface area contributed by atoms with E-state index in [2.05, 4.69) is 0 Å². The van der Waals surface area contributed by atoms with Gasteiger partial charge in [-0.25, -0.2) is 0 Å². The molecule has 2 aliphatic rings. The maximum atomic E-state index is 13.0. The van der Waals surface area contributed by atoms with E-state index < -0.39 is 79.2 Å². The zero-order chi connectivity index (χ0) is 31.9. The molecule has 15 heteroatoms. The number of phenolic OH excluding ortho intramolecular Hbond substituents is 1. The van der Waals surface area contributed by atoms with Crippen molar-refractivity contribution in [3.05, 3.63) is 46.6 Å². The van der Waals surface area contributed by atoms with Crippen molar-refractivity contribution in [2.75, 3.05) is 20.8 Å². The Kier molecular flexibility index (Phi) is 9.31. The maximum Gasteiger partial charge on any atom is 0.204 e. The molecule has 5 rings (SSSR count). The van der Waals surface area contributed by atoms with Crippen molar-refractivity contribution in [3.63, 3.8) is 0 Å². The van der Waals surface area contributed by atoms with E-state index in [1.54, 1.807) is 24.3 Å². The molecule has 0 unspecified atom stereocenters. The number of aliphatic hydroxyl groups is 6. The minimum absolute atomic E-state index is 0.0437. The molecule has 0 amide bonds. The molecule has 10 atom stereocenters. The van der Waals surface area contributed by atoms with E-state index in [0.29, 0.717) is 11.3 Å². The van der Waals surface area contributed by atoms with E-state index in [1.165, 1.54) is 33.3 Å². The van der Waals surface area contributed by atoms with E-state index >= 15 is 0 Å². The molecule has 44 heavy (non-hydrogen) atoms. The Balaban J connectivity index is 1.36. The first-order valence-corrected chi connectivity index (χ1v) is 13.6. The summed E-state index contributed by atoms with van der Waals surface area (Å²) in [5.74, 6) is -0.108. The van der Waals surface area contributed by atoms with Gasteiger partial charge >= 0.3 is 0 Å². The van der Waals surface area contributed by atoms with Gasteiger partial charge in [0.05, 0.1) is 26.9 Å². The summed E-state index contributed by atoms with van der Waals surface area (Å²) in [6.45, 7) is 1.03. The first-order valence-electron chi connectivity index (χ1n) is 13.6. The molecule has 0 radical (unpaired) electrons. The number of ether oxygens (including phenoxy) is 6. The second-order valence-corrected chi connectivity index (χ2v) is 10.5. The highest BCUT2D eigenvalue weighted by Crippen LogP contribution is 2.43. The molecular formula is C29H34O15. The molecule has 2 aliphatic heterocycles. The predicted molar refractivity (Wildman–Crippen MR) is 148 cm³/mol. The fourth-order valence-electron chi connectivity index (χ4n) is 5.15. The second-order valence-electron chi connectivity index (χ2n) is 10.5. The normalized spacial score (nSPS) is 32.4. The van der Waals surface area contributed by atoms with E-state index in [1.807, 2.05) is 0 Å². The summed E-state index contributed by atoms with van der Waals surface area (Å²) < 4.78 is 38.6. The number of hydrogen-bond donors (Lipinski definition) is 7. The van der Waals surface area contributed by atoms with Crippen molar-refractivity contribution < 1.29 is 68.6 Å². The van der Waals surface area contributed by atoms with Gasteiger partial charge in [0.2, 0.25) is 5.75 Å². The van der Waals surface area contributed by atoms with Gasteiger partial charge in [-0.05, 0) is 31.2 Å². The van der Waals surface area contributed by atoms with Crippen LogP contribution in [-0.2, 0) is 14.2 Å². The summed E-state index contributed by atoms with van der Waals surface area (Å²) >= 11 is 0. The highest BCUT2D eigenvalue weighted by molar-refractivity contribution is 5.89. The Hall–Kier alpha value is -3.51. The second kappa shape index (κ2) is 12.8. The molecule has 240 valence electrons. The molecular weight excluding hydrogens is 588 g/mol. The van der Waals surface area contributed by atoms with Crippen LogP contribution in [0.2, 0.25) is 0 Å². The summed E-state index contributed by atoms with van der Waals surface area (Å²) in [5, 5.41) is 71.9. The molecule has 1 aromatic heterocycles. The number of methoxy groups -OCH3 is 2. The van der Waals surface area contributed by atoms with E-state index in [9.17, 15) is 40.5 Å². The standard InChI is InChI=1S/C29H34O15/c1-11-26(23(34)25(36)29(41-11)40-10-18-20(31)22(33)24(35)28(37)44-18)43-17-9-16-19(21(32)27(17)39-3)14(30)8-15(42-16)12-4-6-13(38-2)7-5-12/h4-9,11,18,20,22-26,28-29,31-37H,10H2,1-3H3/t11-,18+,20+,22-,23-,24+,25+,26-,28+,29+/m0/s1. The monoisotopic (exact) mass is 622 g/mol. The lowest BCUT2D eigenvalue weighted by atomic mass is 9.98. The van der Waals surface area contributed by atoms with Crippen molar-refractivity contribution in [1.29, 1.82) is 0 Å². The number of hydrogen-bond acceptors (Lipinski definition) is 15. The fourth-order valence-corrected chi connectivity index (χ4v) is 5.15. The van der Waals surface area contributed by atoms with Crippen LogP contribution in [0.4, 0.5) is 0 Å². The highest BCUT2D eigenvalue weighted by atomic mass is 16.7. The average Bonchev–Trinajstić information content (AvgIpc) is 3.01. The molecule has 15 nitrogen and oxygen atoms in total. The number of rotatable bonds is 8. The largest absolute Gasteiger partial charge is 0.504 e. The lowest BCUT2D eigenvalue weighted by molar-refractivity contribution is -0.320. The molecule has 3 heterocycles. The van der Waals surface area contributed by atoms with E-state index in [4.69, 9.17) is 32.8 Å². The zero-order valence-corrected chi connectivity index (χ0v) is 23.8. The summed E-state index contributed by atoms with van der Waals surface area (Å²) in [7, 11) is 2.76. The van der Waals surface area contributed by atoms with Crippen LogP contribution >= 0.6 is 0 Å². The summed E-state index contributed by atoms with van der Waals surface area (Å²) in [6, 6.07) is 9.29. The Labute approximate surface area is 249 Å². The SMILES string of the molecule is COc1ccc(-c2cc(=O)c3c(O)c(OC)c(O[C@@H]4[C@@H](O)[C@@H](O)[C@H](OC[C@H]5O[C@@H](O)[C@H](O)[C@@H](O)[C@@H]5O)O[C@H]4C)cc3o2)cc1. The van der Waals surface area contributed by atoms with Crippen molar-refractivity contribution >= 4 is 11.0 Å². The van der Waals surface area contributed by atoms with Gasteiger partial charge in [-0.15, -0.1) is 0 Å². The lowest BCUT2D eigenvalue weighted by Crippen LogP contribution is -2.61. The van der Waals surface area contributed by atoms with Gasteiger partial charge in [-0.2, -0.15) is 0 Å². The van der Waals surface area contributed by atoms with Crippen molar-refractivity contribution in [3.8, 4) is 34.3 Å². The topological polar surface area (TPSA) is 227 Å². The third-order valence-corrected chi connectivity index (χ3v) is 7.64. The Morgan fingerprint density at radius 2 is 1.55 bits per heavy atom. The molecule has 0 saturated carbocycles. The molecule has 2 saturated heterocycles. The van der Waals surface area contributed by atoms with Gasteiger partial charge in [0.15, 0.2) is 35.6 Å². The molecule has 2 aromatic carbocycles. The van der Waals surface area contributed by atoms with Crippen LogP contribution in [0.25, 0.3) is 22.3 Å². The lowest BCUT2D eigenvalue weighted by Gasteiger charge is -2.42. The van der Waals surface area contributed by atoms with Crippen LogP contribution in [-0.4, -0.2) is 118 Å². The minimum Gasteiger partial charge on any atom is -0.504 e. The van der Waals surface area contributed by atoms with Crippen molar-refractivity contribution in [2.45, 2.75) is 68.3 Å². The first kappa shape index (κ1) is 31.9. The van der Waals surface area contributed by atoms with Crippen LogP contribution in [0.3, 0.4) is 0 Å². The third-order valence-electron chi connectivity index (χ3n) is 7.64. The zero-order valence-electron chi connectivity index (χ0n) is 23.8. The first-order chi connectivity index (χ1) is 20.9. The van der Waals surface area contributed by atoms with E-state index in [0.717, 1.165) is 0 Å². The number of benzene rings is 2. The molecule has 2 fully saturated rings. The van der Waals surface area contributed by atoms with Gasteiger partial charge in [-0.1, -0.05) is 0 Å². The Morgan fingerprint density at radius 1 is 0.841 bits per heavy atom. The summed E-state index contributed by atoms with van der Waals surface area (Å²) in [6.07, 6.45) is -15.1. The van der Waals surface area contributed by atoms with Crippen LogP contribution in [0.1, 0.15) is 6.92 Å². The molecule has 0 bridgehead atoms. The molecule has 0 spiro atoms. The van der Waals surface area contributed by atoms with Gasteiger partial charge in [-0.3, -0.25) is 4.79 Å². The quantitative estimate of drug-likeness (QED) is 0.163. The molecule has 0 aliphatic carbocycles. The summed E-state index contributed by atoms with van der Waals surface area (Å²) in [4.78, 5) is 13.0. The van der Waals surface area contributed by atoms with Gasteiger partial charge in [0.25, 0.3) is 0 Å². The maximum absolute atomic E-state index is 13.0. The van der Waals surface area contributed by atoms with Crippen molar-refractivity contribution in [1.82, 2.24) is 0 Å². The smallest absolute Gasteiger partial charge is 0.204 e. The van der Waals surface area contributed by atoms with Crippen LogP contribution in [0.5, 0.6) is 23.0 Å². The average molecular weight is 623 g/mol. The Morgan fingerprint density at radius 3 is 2.20 bits per heavy atom. The number of aromatic hydroxyl groups is 1. The third kappa shape index (κ3) is 5.93. The Bertz CT molecular complexity index is 1510. The van der Waals surface area contributed by atoms with Crippen LogP contribution in [0, 0.1) is 0 Å².